The predicted molar refractivity (Wildman–Crippen MR) is 69.4 cm³/mol. The summed E-state index contributed by atoms with van der Waals surface area (Å²) < 4.78 is 1.15. The lowest BCUT2D eigenvalue weighted by molar-refractivity contribution is 0.124. The Kier molecular flexibility index (Phi) is 3.84. The second kappa shape index (κ2) is 5.17. The minimum Gasteiger partial charge on any atom is -0.365 e. The standard InChI is InChI=1S/C12H17BrN2O/c1-9-4-5-12(11(13)7-9)15-6-2-3-10(15)8-16-14/h4-5,7,10H,2-3,6,8,14H2,1H3. The molecule has 3 nitrogen and oxygen atoms in total. The third-order valence-electron chi connectivity index (χ3n) is 3.08. The molecule has 1 saturated heterocycles. The molecule has 0 aromatic heterocycles. The smallest absolute Gasteiger partial charge is 0.0882 e. The molecule has 1 fully saturated rings. The number of anilines is 1. The quantitative estimate of drug-likeness (QED) is 0.868. The van der Waals surface area contributed by atoms with Crippen LogP contribution in [-0.4, -0.2) is 19.2 Å². The number of hydrogen-bond acceptors (Lipinski definition) is 3. The molecule has 1 aliphatic heterocycles. The molecule has 1 aromatic carbocycles. The molecule has 1 aromatic rings. The van der Waals surface area contributed by atoms with Gasteiger partial charge in [0.15, 0.2) is 0 Å². The molecule has 0 bridgehead atoms. The van der Waals surface area contributed by atoms with Gasteiger partial charge in [0.05, 0.1) is 18.3 Å². The van der Waals surface area contributed by atoms with Crippen LogP contribution in [0.2, 0.25) is 0 Å². The van der Waals surface area contributed by atoms with E-state index in [4.69, 9.17) is 10.7 Å². The number of halogens is 1. The normalized spacial score (nSPS) is 20.4. The van der Waals surface area contributed by atoms with E-state index in [1.807, 2.05) is 0 Å². The van der Waals surface area contributed by atoms with Crippen molar-refractivity contribution in [3.63, 3.8) is 0 Å². The van der Waals surface area contributed by atoms with Gasteiger partial charge in [-0.2, -0.15) is 0 Å². The molecular formula is C12H17BrN2O. The molecule has 2 rings (SSSR count). The van der Waals surface area contributed by atoms with Crippen LogP contribution in [0.5, 0.6) is 0 Å². The maximum Gasteiger partial charge on any atom is 0.0882 e. The van der Waals surface area contributed by atoms with Gasteiger partial charge in [-0.05, 0) is 53.4 Å². The lowest BCUT2D eigenvalue weighted by Gasteiger charge is -2.27. The number of rotatable bonds is 3. The second-order valence-corrected chi connectivity index (χ2v) is 5.13. The van der Waals surface area contributed by atoms with Crippen LogP contribution in [0.1, 0.15) is 18.4 Å². The second-order valence-electron chi connectivity index (χ2n) is 4.28. The van der Waals surface area contributed by atoms with Crippen LogP contribution in [0, 0.1) is 6.92 Å². The summed E-state index contributed by atoms with van der Waals surface area (Å²) in [7, 11) is 0. The number of nitrogens with zero attached hydrogens (tertiary/aromatic N) is 1. The van der Waals surface area contributed by atoms with E-state index < -0.39 is 0 Å². The first-order chi connectivity index (χ1) is 7.72. The molecule has 1 aliphatic rings. The van der Waals surface area contributed by atoms with E-state index in [9.17, 15) is 0 Å². The lowest BCUT2D eigenvalue weighted by atomic mass is 10.2. The molecule has 0 amide bonds. The molecule has 4 heteroatoms. The monoisotopic (exact) mass is 284 g/mol. The van der Waals surface area contributed by atoms with Gasteiger partial charge in [-0.15, -0.1) is 0 Å². The first kappa shape index (κ1) is 11.9. The zero-order chi connectivity index (χ0) is 11.5. The molecule has 0 aliphatic carbocycles. The Morgan fingerprint density at radius 2 is 2.38 bits per heavy atom. The molecule has 0 spiro atoms. The fourth-order valence-electron chi connectivity index (χ4n) is 2.28. The number of aryl methyl sites for hydroxylation is 1. The first-order valence-corrected chi connectivity index (χ1v) is 6.36. The zero-order valence-corrected chi connectivity index (χ0v) is 11.0. The number of benzene rings is 1. The van der Waals surface area contributed by atoms with E-state index in [0.29, 0.717) is 12.6 Å². The maximum absolute atomic E-state index is 5.17. The van der Waals surface area contributed by atoms with Crippen molar-refractivity contribution in [2.45, 2.75) is 25.8 Å². The molecule has 0 saturated carbocycles. The first-order valence-electron chi connectivity index (χ1n) is 5.57. The van der Waals surface area contributed by atoms with E-state index in [1.165, 1.54) is 17.7 Å². The highest BCUT2D eigenvalue weighted by atomic mass is 79.9. The van der Waals surface area contributed by atoms with Crippen molar-refractivity contribution in [2.75, 3.05) is 18.1 Å². The van der Waals surface area contributed by atoms with Gasteiger partial charge in [-0.25, -0.2) is 5.90 Å². The van der Waals surface area contributed by atoms with Gasteiger partial charge in [0.25, 0.3) is 0 Å². The van der Waals surface area contributed by atoms with Gasteiger partial charge in [0.2, 0.25) is 0 Å². The van der Waals surface area contributed by atoms with Crippen molar-refractivity contribution in [1.82, 2.24) is 0 Å². The van der Waals surface area contributed by atoms with Crippen LogP contribution in [0.4, 0.5) is 5.69 Å². The molecule has 0 radical (unpaired) electrons. The molecule has 1 atom stereocenters. The van der Waals surface area contributed by atoms with Gasteiger partial charge >= 0.3 is 0 Å². The molecule has 1 unspecified atom stereocenters. The summed E-state index contributed by atoms with van der Waals surface area (Å²) >= 11 is 3.62. The fraction of sp³-hybridized carbons (Fsp3) is 0.500. The Balaban J connectivity index is 2.22. The van der Waals surface area contributed by atoms with E-state index in [-0.39, 0.29) is 0 Å². The summed E-state index contributed by atoms with van der Waals surface area (Å²) in [6, 6.07) is 6.85. The van der Waals surface area contributed by atoms with Crippen molar-refractivity contribution in [3.8, 4) is 0 Å². The largest absolute Gasteiger partial charge is 0.365 e. The van der Waals surface area contributed by atoms with Gasteiger partial charge in [-0.1, -0.05) is 6.07 Å². The Morgan fingerprint density at radius 1 is 1.56 bits per heavy atom. The Morgan fingerprint density at radius 3 is 3.06 bits per heavy atom. The summed E-state index contributed by atoms with van der Waals surface area (Å²) in [5.74, 6) is 5.17. The predicted octanol–water partition coefficient (Wildman–Crippen LogP) is 2.62. The van der Waals surface area contributed by atoms with Gasteiger partial charge in [-0.3, -0.25) is 0 Å². The molecular weight excluding hydrogens is 268 g/mol. The minimum absolute atomic E-state index is 0.406. The van der Waals surface area contributed by atoms with Gasteiger partial charge in [0, 0.05) is 11.0 Å². The van der Waals surface area contributed by atoms with Crippen LogP contribution >= 0.6 is 15.9 Å². The van der Waals surface area contributed by atoms with E-state index in [0.717, 1.165) is 17.4 Å². The number of hydrogen-bond donors (Lipinski definition) is 1. The highest BCUT2D eigenvalue weighted by Crippen LogP contribution is 2.32. The third kappa shape index (κ3) is 2.39. The van der Waals surface area contributed by atoms with Crippen LogP contribution < -0.4 is 10.8 Å². The van der Waals surface area contributed by atoms with Crippen LogP contribution in [0.25, 0.3) is 0 Å². The highest BCUT2D eigenvalue weighted by Gasteiger charge is 2.25. The van der Waals surface area contributed by atoms with Crippen molar-refractivity contribution in [2.24, 2.45) is 5.90 Å². The van der Waals surface area contributed by atoms with Gasteiger partial charge < -0.3 is 9.74 Å². The average molecular weight is 285 g/mol. The average Bonchev–Trinajstić information content (AvgIpc) is 2.67. The Hall–Kier alpha value is -0.580. The van der Waals surface area contributed by atoms with Crippen molar-refractivity contribution >= 4 is 21.6 Å². The summed E-state index contributed by atoms with van der Waals surface area (Å²) in [6.45, 7) is 3.77. The summed E-state index contributed by atoms with van der Waals surface area (Å²) in [4.78, 5) is 7.16. The Labute approximate surface area is 105 Å². The molecule has 2 N–H and O–H groups in total. The molecule has 16 heavy (non-hydrogen) atoms. The maximum atomic E-state index is 5.17. The van der Waals surface area contributed by atoms with E-state index in [1.54, 1.807) is 0 Å². The summed E-state index contributed by atoms with van der Waals surface area (Å²) in [5, 5.41) is 0. The van der Waals surface area contributed by atoms with Crippen LogP contribution in [0.15, 0.2) is 22.7 Å². The van der Waals surface area contributed by atoms with E-state index in [2.05, 4.69) is 46.0 Å². The van der Waals surface area contributed by atoms with Gasteiger partial charge in [0.1, 0.15) is 0 Å². The van der Waals surface area contributed by atoms with E-state index >= 15 is 0 Å². The van der Waals surface area contributed by atoms with Crippen LogP contribution in [-0.2, 0) is 4.84 Å². The summed E-state index contributed by atoms with van der Waals surface area (Å²) in [6.07, 6.45) is 2.35. The highest BCUT2D eigenvalue weighted by molar-refractivity contribution is 9.10. The molecule has 88 valence electrons. The van der Waals surface area contributed by atoms with Crippen molar-refractivity contribution in [3.05, 3.63) is 28.2 Å². The lowest BCUT2D eigenvalue weighted by Crippen LogP contribution is -2.34. The SMILES string of the molecule is Cc1ccc(N2CCCC2CON)c(Br)c1. The summed E-state index contributed by atoms with van der Waals surface area (Å²) in [5.41, 5.74) is 2.51. The van der Waals surface area contributed by atoms with Crippen molar-refractivity contribution < 1.29 is 4.84 Å². The fourth-order valence-corrected chi connectivity index (χ4v) is 3.00. The third-order valence-corrected chi connectivity index (χ3v) is 3.71. The van der Waals surface area contributed by atoms with Crippen LogP contribution in [0.3, 0.4) is 0 Å². The zero-order valence-electron chi connectivity index (χ0n) is 9.45. The van der Waals surface area contributed by atoms with Crippen molar-refractivity contribution in [1.29, 1.82) is 0 Å². The number of nitrogens with two attached hydrogens (primary N) is 1. The minimum atomic E-state index is 0.406. The molecule has 1 heterocycles. The topological polar surface area (TPSA) is 38.5 Å². The Bertz CT molecular complexity index is 370.